The number of hydrogen-bond donors (Lipinski definition) is 0. The minimum Gasteiger partial charge on any atom is -0.328 e. The van der Waals surface area contributed by atoms with Gasteiger partial charge in [0.25, 0.3) is 0 Å². The van der Waals surface area contributed by atoms with Gasteiger partial charge in [0.2, 0.25) is 0 Å². The van der Waals surface area contributed by atoms with E-state index in [9.17, 15) is 4.79 Å². The van der Waals surface area contributed by atoms with E-state index in [2.05, 4.69) is 29.5 Å². The van der Waals surface area contributed by atoms with Crippen LogP contribution < -0.4 is 0 Å². The third kappa shape index (κ3) is 2.99. The van der Waals surface area contributed by atoms with Gasteiger partial charge in [-0.25, -0.2) is 4.98 Å². The quantitative estimate of drug-likeness (QED) is 0.865. The zero-order valence-corrected chi connectivity index (χ0v) is 14.0. The standard InChI is InChI=1S/C16H20N2OS2/c1-3-18-13-7-5-4-6-12(13)17-15(18)10-14(19)16-11(2)20-8-9-21-16/h4-7,11,16H,3,8-10H2,1-2H3. The molecule has 1 fully saturated rings. The number of aryl methyl sites for hydroxylation is 1. The van der Waals surface area contributed by atoms with Crippen LogP contribution in [0.2, 0.25) is 0 Å². The maximum Gasteiger partial charge on any atom is 0.154 e. The Kier molecular flexibility index (Phi) is 4.60. The second-order valence-electron chi connectivity index (χ2n) is 5.27. The lowest BCUT2D eigenvalue weighted by atomic mass is 10.1. The molecule has 112 valence electrons. The van der Waals surface area contributed by atoms with Crippen molar-refractivity contribution in [2.45, 2.75) is 37.3 Å². The number of benzene rings is 1. The van der Waals surface area contributed by atoms with Crippen molar-refractivity contribution in [3.63, 3.8) is 0 Å². The second-order valence-corrected chi connectivity index (χ2v) is 8.01. The molecular weight excluding hydrogens is 300 g/mol. The first-order chi connectivity index (χ1) is 10.2. The minimum absolute atomic E-state index is 0.119. The molecule has 5 heteroatoms. The van der Waals surface area contributed by atoms with Crippen LogP contribution in [0.3, 0.4) is 0 Å². The Morgan fingerprint density at radius 2 is 2.10 bits per heavy atom. The van der Waals surface area contributed by atoms with E-state index in [1.807, 2.05) is 41.7 Å². The molecule has 1 saturated heterocycles. The fourth-order valence-corrected chi connectivity index (χ4v) is 5.59. The van der Waals surface area contributed by atoms with Gasteiger partial charge in [0.15, 0.2) is 5.78 Å². The SMILES string of the molecule is CCn1c(CC(=O)C2SCCSC2C)nc2ccccc21. The van der Waals surface area contributed by atoms with Gasteiger partial charge in [0.05, 0.1) is 22.7 Å². The summed E-state index contributed by atoms with van der Waals surface area (Å²) in [6.45, 7) is 5.13. The molecule has 3 nitrogen and oxygen atoms in total. The van der Waals surface area contributed by atoms with Crippen LogP contribution in [0.5, 0.6) is 0 Å². The lowest BCUT2D eigenvalue weighted by Gasteiger charge is -2.26. The number of hydrogen-bond acceptors (Lipinski definition) is 4. The van der Waals surface area contributed by atoms with Crippen LogP contribution in [0.1, 0.15) is 19.7 Å². The van der Waals surface area contributed by atoms with Crippen molar-refractivity contribution in [3.05, 3.63) is 30.1 Å². The number of Topliss-reactive ketones (excluding diaryl/α,β-unsaturated/α-hetero) is 1. The molecule has 2 heterocycles. The van der Waals surface area contributed by atoms with E-state index in [-0.39, 0.29) is 5.25 Å². The average molecular weight is 320 g/mol. The van der Waals surface area contributed by atoms with Crippen molar-refractivity contribution in [2.75, 3.05) is 11.5 Å². The van der Waals surface area contributed by atoms with E-state index in [4.69, 9.17) is 0 Å². The second kappa shape index (κ2) is 6.44. The van der Waals surface area contributed by atoms with Crippen molar-refractivity contribution in [3.8, 4) is 0 Å². The summed E-state index contributed by atoms with van der Waals surface area (Å²) in [5.41, 5.74) is 2.11. The number of nitrogens with zero attached hydrogens (tertiary/aromatic N) is 2. The number of ketones is 1. The van der Waals surface area contributed by atoms with Gasteiger partial charge in [-0.15, -0.1) is 11.8 Å². The molecule has 1 aliphatic rings. The lowest BCUT2D eigenvalue weighted by molar-refractivity contribution is -0.118. The van der Waals surface area contributed by atoms with Crippen molar-refractivity contribution in [1.82, 2.24) is 9.55 Å². The van der Waals surface area contributed by atoms with E-state index >= 15 is 0 Å². The normalized spacial score (nSPS) is 22.6. The summed E-state index contributed by atoms with van der Waals surface area (Å²) in [4.78, 5) is 17.3. The average Bonchev–Trinajstić information content (AvgIpc) is 2.84. The molecule has 1 aliphatic heterocycles. The van der Waals surface area contributed by atoms with Gasteiger partial charge in [-0.2, -0.15) is 11.8 Å². The van der Waals surface area contributed by atoms with Crippen molar-refractivity contribution in [1.29, 1.82) is 0 Å². The Hall–Kier alpha value is -0.940. The molecule has 3 rings (SSSR count). The maximum absolute atomic E-state index is 12.6. The first-order valence-corrected chi connectivity index (χ1v) is 9.50. The highest BCUT2D eigenvalue weighted by atomic mass is 32.2. The Bertz CT molecular complexity index is 653. The van der Waals surface area contributed by atoms with Crippen LogP contribution in [0.25, 0.3) is 11.0 Å². The number of carbonyl (C=O) groups is 1. The molecule has 1 aromatic carbocycles. The molecule has 0 amide bonds. The van der Waals surface area contributed by atoms with E-state index in [1.54, 1.807) is 0 Å². The van der Waals surface area contributed by atoms with Crippen molar-refractivity contribution < 1.29 is 4.79 Å². The molecule has 21 heavy (non-hydrogen) atoms. The van der Waals surface area contributed by atoms with Gasteiger partial charge in [0, 0.05) is 23.3 Å². The lowest BCUT2D eigenvalue weighted by Crippen LogP contribution is -2.32. The van der Waals surface area contributed by atoms with Crippen LogP contribution in [-0.2, 0) is 17.8 Å². The van der Waals surface area contributed by atoms with Crippen LogP contribution in [0, 0.1) is 0 Å². The molecule has 2 unspecified atom stereocenters. The molecule has 0 radical (unpaired) electrons. The number of para-hydroxylation sites is 2. The molecule has 0 bridgehead atoms. The van der Waals surface area contributed by atoms with Gasteiger partial charge in [-0.05, 0) is 19.1 Å². The van der Waals surface area contributed by atoms with Gasteiger partial charge < -0.3 is 4.57 Å². The van der Waals surface area contributed by atoms with Crippen molar-refractivity contribution >= 4 is 40.3 Å². The molecule has 0 N–H and O–H groups in total. The molecule has 2 aromatic rings. The Morgan fingerprint density at radius 3 is 2.86 bits per heavy atom. The summed E-state index contributed by atoms with van der Waals surface area (Å²) in [5.74, 6) is 3.47. The fourth-order valence-electron chi connectivity index (χ4n) is 2.86. The van der Waals surface area contributed by atoms with E-state index in [0.29, 0.717) is 17.5 Å². The zero-order chi connectivity index (χ0) is 14.8. The zero-order valence-electron chi connectivity index (χ0n) is 12.4. The smallest absolute Gasteiger partial charge is 0.154 e. The highest BCUT2D eigenvalue weighted by Crippen LogP contribution is 2.32. The van der Waals surface area contributed by atoms with Gasteiger partial charge in [-0.1, -0.05) is 19.1 Å². The summed E-state index contributed by atoms with van der Waals surface area (Å²) in [5, 5.41) is 0.532. The predicted molar refractivity (Wildman–Crippen MR) is 92.3 cm³/mol. The highest BCUT2D eigenvalue weighted by Gasteiger charge is 2.29. The molecule has 0 spiro atoms. The molecule has 0 saturated carbocycles. The Labute approximate surface area is 133 Å². The fraction of sp³-hybridized carbons (Fsp3) is 0.500. The summed E-state index contributed by atoms with van der Waals surface area (Å²) in [7, 11) is 0. The number of aromatic nitrogens is 2. The highest BCUT2D eigenvalue weighted by molar-refractivity contribution is 8.07. The molecule has 1 aromatic heterocycles. The summed E-state index contributed by atoms with van der Waals surface area (Å²) in [6, 6.07) is 8.12. The number of thioether (sulfide) groups is 2. The van der Waals surface area contributed by atoms with E-state index in [0.717, 1.165) is 34.9 Å². The predicted octanol–water partition coefficient (Wildman–Crippen LogP) is 3.40. The number of fused-ring (bicyclic) bond motifs is 1. The van der Waals surface area contributed by atoms with Crippen LogP contribution in [0.4, 0.5) is 0 Å². The first-order valence-electron chi connectivity index (χ1n) is 7.40. The van der Waals surface area contributed by atoms with Crippen LogP contribution >= 0.6 is 23.5 Å². The topological polar surface area (TPSA) is 34.9 Å². The number of rotatable bonds is 4. The summed E-state index contributed by atoms with van der Waals surface area (Å²) < 4.78 is 2.17. The van der Waals surface area contributed by atoms with Crippen LogP contribution in [0.15, 0.2) is 24.3 Å². The minimum atomic E-state index is 0.119. The third-order valence-electron chi connectivity index (χ3n) is 3.89. The molecule has 0 aliphatic carbocycles. The monoisotopic (exact) mass is 320 g/mol. The van der Waals surface area contributed by atoms with Gasteiger partial charge in [0.1, 0.15) is 5.82 Å². The van der Waals surface area contributed by atoms with Gasteiger partial charge in [-0.3, -0.25) is 4.79 Å². The number of imidazole rings is 1. The first kappa shape index (κ1) is 15.0. The largest absolute Gasteiger partial charge is 0.328 e. The summed E-state index contributed by atoms with van der Waals surface area (Å²) in [6.07, 6.45) is 0.449. The van der Waals surface area contributed by atoms with Crippen LogP contribution in [-0.4, -0.2) is 37.3 Å². The maximum atomic E-state index is 12.6. The van der Waals surface area contributed by atoms with Crippen molar-refractivity contribution in [2.24, 2.45) is 0 Å². The molecular formula is C16H20N2OS2. The third-order valence-corrected chi connectivity index (χ3v) is 7.03. The Morgan fingerprint density at radius 1 is 1.33 bits per heavy atom. The summed E-state index contributed by atoms with van der Waals surface area (Å²) >= 11 is 3.72. The van der Waals surface area contributed by atoms with E-state index in [1.165, 1.54) is 0 Å². The Balaban J connectivity index is 1.85. The molecule has 2 atom stereocenters. The van der Waals surface area contributed by atoms with Gasteiger partial charge >= 0.3 is 0 Å². The van der Waals surface area contributed by atoms with E-state index < -0.39 is 0 Å². The number of carbonyl (C=O) groups excluding carboxylic acids is 1.